The number of hydrogen-bond donors (Lipinski definition) is 1. The molecule has 4 aromatic rings. The number of nitrogens with zero attached hydrogens (tertiary/aromatic N) is 2. The zero-order valence-electron chi connectivity index (χ0n) is 13.9. The van der Waals surface area contributed by atoms with Crippen molar-refractivity contribution in [1.82, 2.24) is 9.97 Å². The fourth-order valence-corrected chi connectivity index (χ4v) is 2.69. The van der Waals surface area contributed by atoms with Gasteiger partial charge in [0, 0.05) is 11.9 Å². The van der Waals surface area contributed by atoms with Crippen LogP contribution in [0.4, 0.5) is 10.2 Å². The molecule has 5 heteroatoms. The number of ether oxygens (including phenoxy) is 1. The van der Waals surface area contributed by atoms with E-state index in [1.165, 1.54) is 12.1 Å². The Morgan fingerprint density at radius 3 is 2.58 bits per heavy atom. The van der Waals surface area contributed by atoms with Crippen molar-refractivity contribution in [2.75, 3.05) is 5.32 Å². The second-order valence-corrected chi connectivity index (χ2v) is 5.80. The first-order chi connectivity index (χ1) is 12.8. The molecule has 0 saturated heterocycles. The number of benzene rings is 3. The molecule has 0 fully saturated rings. The molecule has 0 aliphatic rings. The number of halogens is 1. The van der Waals surface area contributed by atoms with Crippen LogP contribution in [0.25, 0.3) is 10.9 Å². The first kappa shape index (κ1) is 16.0. The summed E-state index contributed by atoms with van der Waals surface area (Å²) in [4.78, 5) is 8.60. The third kappa shape index (κ3) is 3.62. The van der Waals surface area contributed by atoms with Crippen molar-refractivity contribution in [3.05, 3.63) is 90.5 Å². The normalized spacial score (nSPS) is 10.7. The molecule has 26 heavy (non-hydrogen) atoms. The summed E-state index contributed by atoms with van der Waals surface area (Å²) in [5, 5.41) is 4.33. The number of anilines is 1. The number of fused-ring (bicyclic) bond motifs is 1. The van der Waals surface area contributed by atoms with Crippen molar-refractivity contribution in [1.29, 1.82) is 0 Å². The SMILES string of the molecule is Fc1ccc(Oc2cccc(CNc3ncnc4ccccc34)c2)cc1. The molecule has 0 aliphatic carbocycles. The van der Waals surface area contributed by atoms with E-state index in [0.717, 1.165) is 22.3 Å². The Morgan fingerprint density at radius 1 is 0.846 bits per heavy atom. The topological polar surface area (TPSA) is 47.0 Å². The van der Waals surface area contributed by atoms with E-state index in [9.17, 15) is 4.39 Å². The zero-order valence-corrected chi connectivity index (χ0v) is 13.9. The van der Waals surface area contributed by atoms with Crippen molar-refractivity contribution >= 4 is 16.7 Å². The lowest BCUT2D eigenvalue weighted by molar-refractivity contribution is 0.480. The third-order valence-electron chi connectivity index (χ3n) is 3.95. The van der Waals surface area contributed by atoms with Gasteiger partial charge in [-0.1, -0.05) is 24.3 Å². The molecule has 0 amide bonds. The van der Waals surface area contributed by atoms with Gasteiger partial charge in [0.2, 0.25) is 0 Å². The van der Waals surface area contributed by atoms with Gasteiger partial charge in [-0.25, -0.2) is 14.4 Å². The highest BCUT2D eigenvalue weighted by Gasteiger charge is 2.04. The minimum Gasteiger partial charge on any atom is -0.457 e. The van der Waals surface area contributed by atoms with E-state index in [0.29, 0.717) is 18.0 Å². The van der Waals surface area contributed by atoms with Gasteiger partial charge < -0.3 is 10.1 Å². The van der Waals surface area contributed by atoms with Crippen LogP contribution in [0.15, 0.2) is 79.1 Å². The first-order valence-electron chi connectivity index (χ1n) is 8.24. The standard InChI is InChI=1S/C21H16FN3O/c22-16-8-10-17(11-9-16)26-18-5-3-4-15(12-18)13-23-21-19-6-1-2-7-20(19)24-14-25-21/h1-12,14H,13H2,(H,23,24,25). The number of aromatic nitrogens is 2. The van der Waals surface area contributed by atoms with Gasteiger partial charge in [-0.15, -0.1) is 0 Å². The number of rotatable bonds is 5. The number of nitrogens with one attached hydrogen (secondary N) is 1. The molecule has 0 atom stereocenters. The Balaban J connectivity index is 1.49. The van der Waals surface area contributed by atoms with Crippen LogP contribution in [-0.4, -0.2) is 9.97 Å². The molecule has 4 rings (SSSR count). The minimum atomic E-state index is -0.285. The molecule has 0 aliphatic heterocycles. The molecule has 3 aromatic carbocycles. The molecule has 1 heterocycles. The summed E-state index contributed by atoms with van der Waals surface area (Å²) in [6, 6.07) is 21.6. The average Bonchev–Trinajstić information content (AvgIpc) is 2.68. The fraction of sp³-hybridized carbons (Fsp3) is 0.0476. The van der Waals surface area contributed by atoms with Crippen LogP contribution in [0, 0.1) is 5.82 Å². The number of hydrogen-bond acceptors (Lipinski definition) is 4. The average molecular weight is 345 g/mol. The maximum Gasteiger partial charge on any atom is 0.137 e. The van der Waals surface area contributed by atoms with Gasteiger partial charge in [-0.2, -0.15) is 0 Å². The Morgan fingerprint density at radius 2 is 1.69 bits per heavy atom. The summed E-state index contributed by atoms with van der Waals surface area (Å²) in [5.74, 6) is 1.80. The van der Waals surface area contributed by atoms with Gasteiger partial charge in [-0.05, 0) is 54.1 Å². The molecule has 1 aromatic heterocycles. The predicted octanol–water partition coefficient (Wildman–Crippen LogP) is 5.17. The molecule has 0 unspecified atom stereocenters. The van der Waals surface area contributed by atoms with E-state index < -0.39 is 0 Å². The fourth-order valence-electron chi connectivity index (χ4n) is 2.69. The monoisotopic (exact) mass is 345 g/mol. The highest BCUT2D eigenvalue weighted by molar-refractivity contribution is 5.88. The van der Waals surface area contributed by atoms with Crippen molar-refractivity contribution in [3.63, 3.8) is 0 Å². The van der Waals surface area contributed by atoms with Gasteiger partial charge in [0.1, 0.15) is 29.5 Å². The van der Waals surface area contributed by atoms with Crippen LogP contribution in [0.2, 0.25) is 0 Å². The molecular formula is C21H16FN3O. The maximum atomic E-state index is 13.0. The highest BCUT2D eigenvalue weighted by atomic mass is 19.1. The quantitative estimate of drug-likeness (QED) is 0.542. The van der Waals surface area contributed by atoms with E-state index >= 15 is 0 Å². The second kappa shape index (κ2) is 7.19. The Labute approximate surface area is 150 Å². The van der Waals surface area contributed by atoms with E-state index in [1.54, 1.807) is 18.5 Å². The van der Waals surface area contributed by atoms with E-state index in [4.69, 9.17) is 4.74 Å². The van der Waals surface area contributed by atoms with Crippen molar-refractivity contribution in [3.8, 4) is 11.5 Å². The molecule has 0 saturated carbocycles. The van der Waals surface area contributed by atoms with Gasteiger partial charge in [-0.3, -0.25) is 0 Å². The van der Waals surface area contributed by atoms with Crippen molar-refractivity contribution < 1.29 is 9.13 Å². The van der Waals surface area contributed by atoms with Crippen molar-refractivity contribution in [2.45, 2.75) is 6.54 Å². The van der Waals surface area contributed by atoms with Gasteiger partial charge in [0.05, 0.1) is 5.52 Å². The smallest absolute Gasteiger partial charge is 0.137 e. The Hall–Kier alpha value is -3.47. The largest absolute Gasteiger partial charge is 0.457 e. The summed E-state index contributed by atoms with van der Waals surface area (Å²) < 4.78 is 18.8. The first-order valence-corrected chi connectivity index (χ1v) is 8.24. The summed E-state index contributed by atoms with van der Waals surface area (Å²) in [6.07, 6.45) is 1.55. The highest BCUT2D eigenvalue weighted by Crippen LogP contribution is 2.23. The lowest BCUT2D eigenvalue weighted by Gasteiger charge is -2.10. The lowest BCUT2D eigenvalue weighted by atomic mass is 10.2. The molecule has 1 N–H and O–H groups in total. The summed E-state index contributed by atoms with van der Waals surface area (Å²) in [7, 11) is 0. The molecule has 4 nitrogen and oxygen atoms in total. The molecular weight excluding hydrogens is 329 g/mol. The molecule has 0 radical (unpaired) electrons. The predicted molar refractivity (Wildman–Crippen MR) is 99.8 cm³/mol. The third-order valence-corrected chi connectivity index (χ3v) is 3.95. The Kier molecular flexibility index (Phi) is 4.43. The van der Waals surface area contributed by atoms with E-state index in [1.807, 2.05) is 48.5 Å². The van der Waals surface area contributed by atoms with Gasteiger partial charge >= 0.3 is 0 Å². The van der Waals surface area contributed by atoms with Crippen LogP contribution >= 0.6 is 0 Å². The lowest BCUT2D eigenvalue weighted by Crippen LogP contribution is -2.02. The summed E-state index contributed by atoms with van der Waals surface area (Å²) >= 11 is 0. The molecule has 0 bridgehead atoms. The minimum absolute atomic E-state index is 0.285. The van der Waals surface area contributed by atoms with E-state index in [2.05, 4.69) is 15.3 Å². The number of para-hydroxylation sites is 1. The Bertz CT molecular complexity index is 1030. The van der Waals surface area contributed by atoms with Crippen LogP contribution in [0.1, 0.15) is 5.56 Å². The van der Waals surface area contributed by atoms with Gasteiger partial charge in [0.25, 0.3) is 0 Å². The maximum absolute atomic E-state index is 13.0. The van der Waals surface area contributed by atoms with E-state index in [-0.39, 0.29) is 5.82 Å². The van der Waals surface area contributed by atoms with Crippen molar-refractivity contribution in [2.24, 2.45) is 0 Å². The zero-order chi connectivity index (χ0) is 17.8. The van der Waals surface area contributed by atoms with Crippen LogP contribution in [0.5, 0.6) is 11.5 Å². The summed E-state index contributed by atoms with van der Waals surface area (Å²) in [5.41, 5.74) is 1.95. The van der Waals surface area contributed by atoms with Crippen LogP contribution < -0.4 is 10.1 Å². The van der Waals surface area contributed by atoms with Crippen LogP contribution in [0.3, 0.4) is 0 Å². The van der Waals surface area contributed by atoms with Gasteiger partial charge in [0.15, 0.2) is 0 Å². The second-order valence-electron chi connectivity index (χ2n) is 5.80. The van der Waals surface area contributed by atoms with Crippen LogP contribution in [-0.2, 0) is 6.54 Å². The summed E-state index contributed by atoms with van der Waals surface area (Å²) in [6.45, 7) is 0.599. The molecule has 0 spiro atoms. The molecule has 128 valence electrons.